The molecule has 138 valence electrons. The Balaban J connectivity index is 1.55. The van der Waals surface area contributed by atoms with E-state index < -0.39 is 0 Å². The summed E-state index contributed by atoms with van der Waals surface area (Å²) in [4.78, 5) is 12.0. The second-order valence-electron chi connectivity index (χ2n) is 5.68. The van der Waals surface area contributed by atoms with Crippen LogP contribution in [0.4, 0.5) is 0 Å². The number of hydrogen-bond acceptors (Lipinski definition) is 4. The Morgan fingerprint density at radius 3 is 2.52 bits per heavy atom. The molecule has 0 saturated heterocycles. The quantitative estimate of drug-likeness (QED) is 0.486. The lowest BCUT2D eigenvalue weighted by atomic mass is 10.1. The summed E-state index contributed by atoms with van der Waals surface area (Å²) in [6.07, 6.45) is 1.56. The van der Waals surface area contributed by atoms with Crippen molar-refractivity contribution in [3.8, 4) is 11.5 Å². The molecule has 3 aromatic carbocycles. The summed E-state index contributed by atoms with van der Waals surface area (Å²) in [5, 5.41) is 6.32. The van der Waals surface area contributed by atoms with E-state index in [-0.39, 0.29) is 12.5 Å². The van der Waals surface area contributed by atoms with Crippen LogP contribution in [0.1, 0.15) is 12.5 Å². The van der Waals surface area contributed by atoms with Gasteiger partial charge in [0.25, 0.3) is 5.91 Å². The van der Waals surface area contributed by atoms with Crippen molar-refractivity contribution in [1.29, 1.82) is 0 Å². The number of carbonyl (C=O) groups excluding carboxylic acids is 1. The minimum atomic E-state index is -0.351. The van der Waals surface area contributed by atoms with Gasteiger partial charge in [0.2, 0.25) is 0 Å². The molecule has 0 unspecified atom stereocenters. The third-order valence-corrected chi connectivity index (χ3v) is 4.11. The summed E-state index contributed by atoms with van der Waals surface area (Å²) in [7, 11) is 0. The maximum Gasteiger partial charge on any atom is 0.277 e. The second kappa shape index (κ2) is 9.05. The van der Waals surface area contributed by atoms with E-state index in [1.165, 1.54) is 0 Å². The number of ether oxygens (including phenoxy) is 2. The fourth-order valence-electron chi connectivity index (χ4n) is 2.53. The maximum absolute atomic E-state index is 12.0. The molecule has 6 heteroatoms. The van der Waals surface area contributed by atoms with E-state index in [1.54, 1.807) is 18.3 Å². The van der Waals surface area contributed by atoms with Crippen LogP contribution in [0, 0.1) is 0 Å². The van der Waals surface area contributed by atoms with E-state index in [2.05, 4.69) is 10.5 Å². The van der Waals surface area contributed by atoms with Crippen molar-refractivity contribution in [2.24, 2.45) is 5.10 Å². The van der Waals surface area contributed by atoms with Crippen LogP contribution in [0.2, 0.25) is 5.02 Å². The number of halogens is 1. The smallest absolute Gasteiger partial charge is 0.277 e. The SMILES string of the molecule is CCOc1ccc(/C=N/NC(=O)COc2ccc(Cl)c3ccccc23)cc1. The van der Waals surface area contributed by atoms with Crippen LogP contribution in [-0.2, 0) is 4.79 Å². The van der Waals surface area contributed by atoms with Crippen molar-refractivity contribution in [1.82, 2.24) is 5.43 Å². The van der Waals surface area contributed by atoms with Gasteiger partial charge in [-0.25, -0.2) is 5.43 Å². The summed E-state index contributed by atoms with van der Waals surface area (Å²) in [6, 6.07) is 18.5. The molecule has 3 rings (SSSR count). The summed E-state index contributed by atoms with van der Waals surface area (Å²) in [5.74, 6) is 1.04. The van der Waals surface area contributed by atoms with Crippen LogP contribution in [0.15, 0.2) is 65.8 Å². The van der Waals surface area contributed by atoms with Crippen LogP contribution < -0.4 is 14.9 Å². The van der Waals surface area contributed by atoms with Gasteiger partial charge in [-0.15, -0.1) is 0 Å². The molecule has 0 aliphatic heterocycles. The Kier molecular flexibility index (Phi) is 6.28. The monoisotopic (exact) mass is 382 g/mol. The Morgan fingerprint density at radius 2 is 1.78 bits per heavy atom. The Morgan fingerprint density at radius 1 is 1.04 bits per heavy atom. The number of carbonyl (C=O) groups is 1. The van der Waals surface area contributed by atoms with E-state index in [0.717, 1.165) is 22.1 Å². The molecule has 0 aliphatic carbocycles. The highest BCUT2D eigenvalue weighted by Gasteiger charge is 2.07. The van der Waals surface area contributed by atoms with Crippen LogP contribution >= 0.6 is 11.6 Å². The number of hydrogen-bond donors (Lipinski definition) is 1. The first kappa shape index (κ1) is 18.7. The third kappa shape index (κ3) is 4.99. The summed E-state index contributed by atoms with van der Waals surface area (Å²) in [6.45, 7) is 2.40. The van der Waals surface area contributed by atoms with Crippen molar-refractivity contribution in [3.63, 3.8) is 0 Å². The number of benzene rings is 3. The topological polar surface area (TPSA) is 59.9 Å². The fraction of sp³-hybridized carbons (Fsp3) is 0.143. The highest BCUT2D eigenvalue weighted by molar-refractivity contribution is 6.35. The highest BCUT2D eigenvalue weighted by Crippen LogP contribution is 2.31. The molecular formula is C21H19ClN2O3. The van der Waals surface area contributed by atoms with Crippen molar-refractivity contribution < 1.29 is 14.3 Å². The van der Waals surface area contributed by atoms with Crippen molar-refractivity contribution in [2.75, 3.05) is 13.2 Å². The van der Waals surface area contributed by atoms with Gasteiger partial charge in [0.1, 0.15) is 11.5 Å². The van der Waals surface area contributed by atoms with Gasteiger partial charge < -0.3 is 9.47 Å². The lowest BCUT2D eigenvalue weighted by Gasteiger charge is -2.09. The predicted octanol–water partition coefficient (Wildman–Crippen LogP) is 4.42. The first-order valence-corrected chi connectivity index (χ1v) is 8.90. The van der Waals surface area contributed by atoms with Gasteiger partial charge in [0.15, 0.2) is 6.61 Å². The first-order valence-electron chi connectivity index (χ1n) is 8.52. The lowest BCUT2D eigenvalue weighted by molar-refractivity contribution is -0.123. The van der Waals surface area contributed by atoms with Gasteiger partial charge >= 0.3 is 0 Å². The molecule has 0 radical (unpaired) electrons. The molecule has 1 amide bonds. The van der Waals surface area contributed by atoms with Gasteiger partial charge in [-0.3, -0.25) is 4.79 Å². The zero-order valence-corrected chi connectivity index (χ0v) is 15.6. The molecule has 0 aliphatic rings. The van der Waals surface area contributed by atoms with Crippen LogP contribution in [0.25, 0.3) is 10.8 Å². The van der Waals surface area contributed by atoms with E-state index in [1.807, 2.05) is 55.5 Å². The number of nitrogens with one attached hydrogen (secondary N) is 1. The van der Waals surface area contributed by atoms with Crippen molar-refractivity contribution >= 4 is 34.5 Å². The molecule has 0 heterocycles. The van der Waals surface area contributed by atoms with Gasteiger partial charge in [-0.1, -0.05) is 35.9 Å². The average Bonchev–Trinajstić information content (AvgIpc) is 2.69. The zero-order chi connectivity index (χ0) is 19.1. The number of fused-ring (bicyclic) bond motifs is 1. The van der Waals surface area contributed by atoms with Gasteiger partial charge in [0.05, 0.1) is 12.8 Å². The van der Waals surface area contributed by atoms with Gasteiger partial charge in [-0.05, 0) is 48.9 Å². The summed E-state index contributed by atoms with van der Waals surface area (Å²) >= 11 is 6.18. The molecular weight excluding hydrogens is 364 g/mol. The van der Waals surface area contributed by atoms with E-state index >= 15 is 0 Å². The van der Waals surface area contributed by atoms with Crippen LogP contribution in [0.3, 0.4) is 0 Å². The maximum atomic E-state index is 12.0. The molecule has 0 spiro atoms. The Hall–Kier alpha value is -3.05. The summed E-state index contributed by atoms with van der Waals surface area (Å²) < 4.78 is 11.0. The number of rotatable bonds is 7. The average molecular weight is 383 g/mol. The normalized spacial score (nSPS) is 10.9. The molecule has 0 atom stereocenters. The van der Waals surface area contributed by atoms with Crippen molar-refractivity contribution in [3.05, 3.63) is 71.2 Å². The number of hydrazone groups is 1. The third-order valence-electron chi connectivity index (χ3n) is 3.78. The first-order chi connectivity index (χ1) is 13.2. The van der Waals surface area contributed by atoms with Gasteiger partial charge in [0, 0.05) is 15.8 Å². The lowest BCUT2D eigenvalue weighted by Crippen LogP contribution is -2.24. The standard InChI is InChI=1S/C21H19ClN2O3/c1-2-26-16-9-7-15(8-10-16)13-23-24-21(25)14-27-20-12-11-19(22)17-5-3-4-6-18(17)20/h3-13H,2,14H2,1H3,(H,24,25)/b23-13+. The summed E-state index contributed by atoms with van der Waals surface area (Å²) in [5.41, 5.74) is 3.30. The molecule has 27 heavy (non-hydrogen) atoms. The second-order valence-corrected chi connectivity index (χ2v) is 6.08. The molecule has 1 N–H and O–H groups in total. The predicted molar refractivity (Wildman–Crippen MR) is 108 cm³/mol. The number of amides is 1. The van der Waals surface area contributed by atoms with Crippen LogP contribution in [-0.4, -0.2) is 25.3 Å². The molecule has 0 bridgehead atoms. The molecule has 0 fully saturated rings. The van der Waals surface area contributed by atoms with E-state index in [9.17, 15) is 4.79 Å². The molecule has 5 nitrogen and oxygen atoms in total. The minimum absolute atomic E-state index is 0.147. The van der Waals surface area contributed by atoms with Gasteiger partial charge in [-0.2, -0.15) is 5.10 Å². The Bertz CT molecular complexity index is 955. The Labute approximate surface area is 162 Å². The molecule has 0 saturated carbocycles. The van der Waals surface area contributed by atoms with E-state index in [0.29, 0.717) is 17.4 Å². The number of nitrogens with zero attached hydrogens (tertiary/aromatic N) is 1. The molecule has 0 aromatic heterocycles. The van der Waals surface area contributed by atoms with Crippen LogP contribution in [0.5, 0.6) is 11.5 Å². The van der Waals surface area contributed by atoms with E-state index in [4.69, 9.17) is 21.1 Å². The largest absolute Gasteiger partial charge is 0.494 e. The highest BCUT2D eigenvalue weighted by atomic mass is 35.5. The zero-order valence-electron chi connectivity index (χ0n) is 14.8. The minimum Gasteiger partial charge on any atom is -0.494 e. The fourth-order valence-corrected chi connectivity index (χ4v) is 2.76. The van der Waals surface area contributed by atoms with Crippen molar-refractivity contribution in [2.45, 2.75) is 6.92 Å². The molecule has 3 aromatic rings.